The monoisotopic (exact) mass is 270 g/mol. The van der Waals surface area contributed by atoms with Gasteiger partial charge >= 0.3 is 5.97 Å². The van der Waals surface area contributed by atoms with Crippen LogP contribution in [0.5, 0.6) is 0 Å². The molecule has 1 amide bonds. The summed E-state index contributed by atoms with van der Waals surface area (Å²) in [7, 11) is 0. The molecular formula is C12H18N2O3S. The minimum Gasteiger partial charge on any atom is -0.477 e. The Hall–Kier alpha value is -1.43. The van der Waals surface area contributed by atoms with Gasteiger partial charge in [0.05, 0.1) is 5.69 Å². The molecule has 0 aliphatic rings. The van der Waals surface area contributed by atoms with Crippen molar-refractivity contribution in [1.29, 1.82) is 0 Å². The Kier molecular flexibility index (Phi) is 5.27. The van der Waals surface area contributed by atoms with Crippen LogP contribution in [0.25, 0.3) is 0 Å². The topological polar surface area (TPSA) is 79.3 Å². The summed E-state index contributed by atoms with van der Waals surface area (Å²) in [6.07, 6.45) is 1.77. The number of hydrogen-bond donors (Lipinski definition) is 2. The maximum absolute atomic E-state index is 11.4. The second-order valence-corrected chi connectivity index (χ2v) is 5.50. The van der Waals surface area contributed by atoms with Crippen LogP contribution in [0.3, 0.4) is 0 Å². The number of hydrogen-bond acceptors (Lipinski definition) is 4. The molecule has 1 rings (SSSR count). The summed E-state index contributed by atoms with van der Waals surface area (Å²) < 4.78 is 0. The SMILES string of the molecule is CCCC(=O)Nc1nc(CC(C)C)c(C(=O)O)s1. The molecule has 0 atom stereocenters. The molecule has 0 saturated heterocycles. The summed E-state index contributed by atoms with van der Waals surface area (Å²) in [6, 6.07) is 0. The fourth-order valence-corrected chi connectivity index (χ4v) is 2.35. The van der Waals surface area contributed by atoms with E-state index in [0.29, 0.717) is 29.6 Å². The normalized spacial score (nSPS) is 10.7. The summed E-state index contributed by atoms with van der Waals surface area (Å²) in [4.78, 5) is 26.9. The van der Waals surface area contributed by atoms with Gasteiger partial charge in [0.25, 0.3) is 0 Å². The Bertz CT molecular complexity index is 441. The largest absolute Gasteiger partial charge is 0.477 e. The van der Waals surface area contributed by atoms with E-state index in [1.165, 1.54) is 0 Å². The molecule has 0 fully saturated rings. The van der Waals surface area contributed by atoms with Crippen LogP contribution in [-0.4, -0.2) is 22.0 Å². The predicted octanol–water partition coefficient (Wildman–Crippen LogP) is 2.78. The number of anilines is 1. The molecule has 0 saturated carbocycles. The summed E-state index contributed by atoms with van der Waals surface area (Å²) in [5.41, 5.74) is 0.550. The second kappa shape index (κ2) is 6.49. The zero-order valence-electron chi connectivity index (χ0n) is 10.8. The van der Waals surface area contributed by atoms with Gasteiger partial charge in [-0.2, -0.15) is 0 Å². The van der Waals surface area contributed by atoms with Gasteiger partial charge in [-0.3, -0.25) is 4.79 Å². The van der Waals surface area contributed by atoms with Crippen LogP contribution in [0.1, 0.15) is 49.0 Å². The molecule has 0 radical (unpaired) electrons. The zero-order valence-corrected chi connectivity index (χ0v) is 11.6. The highest BCUT2D eigenvalue weighted by molar-refractivity contribution is 7.17. The first-order valence-corrected chi connectivity index (χ1v) is 6.78. The number of aromatic carboxylic acids is 1. The molecule has 1 heterocycles. The van der Waals surface area contributed by atoms with E-state index >= 15 is 0 Å². The van der Waals surface area contributed by atoms with Gasteiger partial charge in [0.1, 0.15) is 4.88 Å². The van der Waals surface area contributed by atoms with Gasteiger partial charge in [-0.25, -0.2) is 9.78 Å². The average Bonchev–Trinajstić information content (AvgIpc) is 2.60. The standard InChI is InChI=1S/C12H18N2O3S/c1-4-5-9(15)14-12-13-8(6-7(2)3)10(18-12)11(16)17/h7H,4-6H2,1-3H3,(H,16,17)(H,13,14,15). The summed E-state index contributed by atoms with van der Waals surface area (Å²) in [6.45, 7) is 5.91. The first-order valence-electron chi connectivity index (χ1n) is 5.96. The maximum atomic E-state index is 11.4. The van der Waals surface area contributed by atoms with Crippen LogP contribution in [0.2, 0.25) is 0 Å². The van der Waals surface area contributed by atoms with Crippen molar-refractivity contribution in [2.24, 2.45) is 5.92 Å². The van der Waals surface area contributed by atoms with Crippen LogP contribution >= 0.6 is 11.3 Å². The molecule has 0 aliphatic heterocycles. The third kappa shape index (κ3) is 4.10. The molecule has 5 nitrogen and oxygen atoms in total. The second-order valence-electron chi connectivity index (χ2n) is 4.50. The Morgan fingerprint density at radius 3 is 2.61 bits per heavy atom. The number of thiazole rings is 1. The molecule has 6 heteroatoms. The fraction of sp³-hybridized carbons (Fsp3) is 0.583. The fourth-order valence-electron chi connectivity index (χ4n) is 1.51. The smallest absolute Gasteiger partial charge is 0.347 e. The van der Waals surface area contributed by atoms with Crippen molar-refractivity contribution in [2.75, 3.05) is 5.32 Å². The molecule has 18 heavy (non-hydrogen) atoms. The minimum absolute atomic E-state index is 0.126. The lowest BCUT2D eigenvalue weighted by atomic mass is 10.1. The van der Waals surface area contributed by atoms with E-state index in [4.69, 9.17) is 5.11 Å². The van der Waals surface area contributed by atoms with Crippen molar-refractivity contribution < 1.29 is 14.7 Å². The van der Waals surface area contributed by atoms with E-state index in [2.05, 4.69) is 10.3 Å². The van der Waals surface area contributed by atoms with Gasteiger partial charge < -0.3 is 10.4 Å². The molecule has 100 valence electrons. The summed E-state index contributed by atoms with van der Waals surface area (Å²) >= 11 is 1.02. The molecule has 0 spiro atoms. The number of carboxylic acid groups (broad SMARTS) is 1. The van der Waals surface area contributed by atoms with Crippen molar-refractivity contribution in [2.45, 2.75) is 40.0 Å². The van der Waals surface area contributed by atoms with Crippen LogP contribution in [0.15, 0.2) is 0 Å². The first-order chi connectivity index (χ1) is 8.43. The number of carboxylic acids is 1. The van der Waals surface area contributed by atoms with E-state index in [-0.39, 0.29) is 10.8 Å². The maximum Gasteiger partial charge on any atom is 0.347 e. The number of amides is 1. The minimum atomic E-state index is -0.987. The predicted molar refractivity (Wildman–Crippen MR) is 71.2 cm³/mol. The number of carbonyl (C=O) groups is 2. The highest BCUT2D eigenvalue weighted by Gasteiger charge is 2.18. The zero-order chi connectivity index (χ0) is 13.7. The highest BCUT2D eigenvalue weighted by atomic mass is 32.1. The number of carbonyl (C=O) groups excluding carboxylic acids is 1. The van der Waals surface area contributed by atoms with E-state index < -0.39 is 5.97 Å². The number of nitrogens with zero attached hydrogens (tertiary/aromatic N) is 1. The number of rotatable bonds is 6. The lowest BCUT2D eigenvalue weighted by molar-refractivity contribution is -0.116. The van der Waals surface area contributed by atoms with Crippen LogP contribution in [0.4, 0.5) is 5.13 Å². The van der Waals surface area contributed by atoms with Gasteiger partial charge in [0.2, 0.25) is 5.91 Å². The van der Waals surface area contributed by atoms with Crippen molar-refractivity contribution >= 4 is 28.3 Å². The average molecular weight is 270 g/mol. The third-order valence-electron chi connectivity index (χ3n) is 2.22. The molecule has 0 unspecified atom stereocenters. The molecule has 0 aromatic carbocycles. The van der Waals surface area contributed by atoms with Gasteiger partial charge in [-0.1, -0.05) is 32.1 Å². The third-order valence-corrected chi connectivity index (χ3v) is 3.22. The molecule has 1 aromatic rings. The van der Waals surface area contributed by atoms with Crippen LogP contribution < -0.4 is 5.32 Å². The Morgan fingerprint density at radius 2 is 2.11 bits per heavy atom. The Balaban J connectivity index is 2.88. The van der Waals surface area contributed by atoms with Gasteiger partial charge in [-0.15, -0.1) is 0 Å². The van der Waals surface area contributed by atoms with Crippen molar-refractivity contribution in [3.05, 3.63) is 10.6 Å². The van der Waals surface area contributed by atoms with Crippen molar-refractivity contribution in [3.63, 3.8) is 0 Å². The highest BCUT2D eigenvalue weighted by Crippen LogP contribution is 2.25. The van der Waals surface area contributed by atoms with E-state index in [1.807, 2.05) is 20.8 Å². The van der Waals surface area contributed by atoms with Crippen molar-refractivity contribution in [3.8, 4) is 0 Å². The quantitative estimate of drug-likeness (QED) is 0.833. The van der Waals surface area contributed by atoms with Gasteiger partial charge in [-0.05, 0) is 18.8 Å². The van der Waals surface area contributed by atoms with E-state index in [1.54, 1.807) is 0 Å². The lowest BCUT2D eigenvalue weighted by Gasteiger charge is -2.01. The molecule has 0 bridgehead atoms. The molecular weight excluding hydrogens is 252 g/mol. The van der Waals surface area contributed by atoms with Crippen molar-refractivity contribution in [1.82, 2.24) is 4.98 Å². The van der Waals surface area contributed by atoms with E-state index in [9.17, 15) is 9.59 Å². The van der Waals surface area contributed by atoms with Gasteiger partial charge in [0.15, 0.2) is 5.13 Å². The number of aromatic nitrogens is 1. The number of nitrogens with one attached hydrogen (secondary N) is 1. The molecule has 2 N–H and O–H groups in total. The first kappa shape index (κ1) is 14.6. The van der Waals surface area contributed by atoms with Crippen LogP contribution in [0, 0.1) is 5.92 Å². The van der Waals surface area contributed by atoms with E-state index in [0.717, 1.165) is 17.8 Å². The van der Waals surface area contributed by atoms with Gasteiger partial charge in [0, 0.05) is 6.42 Å². The Morgan fingerprint density at radius 1 is 1.44 bits per heavy atom. The lowest BCUT2D eigenvalue weighted by Crippen LogP contribution is -2.10. The van der Waals surface area contributed by atoms with Crippen LogP contribution in [-0.2, 0) is 11.2 Å². The summed E-state index contributed by atoms with van der Waals surface area (Å²) in [5, 5.41) is 12.1. The molecule has 1 aromatic heterocycles. The summed E-state index contributed by atoms with van der Waals surface area (Å²) in [5.74, 6) is -0.789. The Labute approximate surface area is 110 Å². The molecule has 0 aliphatic carbocycles.